The van der Waals surface area contributed by atoms with Crippen LogP contribution in [0.25, 0.3) is 0 Å². The van der Waals surface area contributed by atoms with Crippen LogP contribution >= 0.6 is 0 Å². The first-order valence-corrected chi connectivity index (χ1v) is 6.04. The first-order valence-electron chi connectivity index (χ1n) is 6.04. The molecule has 0 saturated carbocycles. The molecule has 0 spiro atoms. The lowest BCUT2D eigenvalue weighted by molar-refractivity contribution is -0.153. The minimum Gasteiger partial charge on any atom is -0.484 e. The smallest absolute Gasteiger partial charge is 0.422 e. The number of hydrogen-bond acceptors (Lipinski definition) is 3. The van der Waals surface area contributed by atoms with Gasteiger partial charge in [0.1, 0.15) is 5.75 Å². The van der Waals surface area contributed by atoms with Crippen LogP contribution in [0, 0.1) is 0 Å². The fraction of sp³-hybridized carbons (Fsp3) is 0.462. The molecule has 1 aromatic carbocycles. The van der Waals surface area contributed by atoms with Gasteiger partial charge in [-0.15, -0.1) is 0 Å². The van der Waals surface area contributed by atoms with Gasteiger partial charge in [-0.2, -0.15) is 13.2 Å². The lowest BCUT2D eigenvalue weighted by Crippen LogP contribution is -2.39. The monoisotopic (exact) mass is 290 g/mol. The summed E-state index contributed by atoms with van der Waals surface area (Å²) in [7, 11) is 0. The van der Waals surface area contributed by atoms with Gasteiger partial charge in [-0.3, -0.25) is 4.79 Å². The second kappa shape index (κ2) is 6.60. The molecule has 2 atom stereocenters. The Morgan fingerprint density at radius 3 is 2.30 bits per heavy atom. The number of nitrogens with two attached hydrogens (primary N) is 1. The highest BCUT2D eigenvalue weighted by molar-refractivity contribution is 5.81. The first kappa shape index (κ1) is 16.3. The van der Waals surface area contributed by atoms with Gasteiger partial charge in [0.25, 0.3) is 0 Å². The number of rotatable bonds is 5. The van der Waals surface area contributed by atoms with E-state index in [0.29, 0.717) is 0 Å². The number of nitrogens with one attached hydrogen (secondary N) is 1. The molecular weight excluding hydrogens is 273 g/mol. The minimum atomic E-state index is -4.36. The Bertz CT molecular complexity index is 444. The summed E-state index contributed by atoms with van der Waals surface area (Å²) >= 11 is 0. The summed E-state index contributed by atoms with van der Waals surface area (Å²) in [5.41, 5.74) is 6.18. The molecule has 1 rings (SSSR count). The van der Waals surface area contributed by atoms with Crippen LogP contribution in [0.3, 0.4) is 0 Å². The maximum absolute atomic E-state index is 12.0. The van der Waals surface area contributed by atoms with E-state index in [1.165, 1.54) is 12.1 Å². The Balaban J connectivity index is 2.59. The van der Waals surface area contributed by atoms with Crippen LogP contribution in [-0.4, -0.2) is 24.7 Å². The highest BCUT2D eigenvalue weighted by Gasteiger charge is 2.28. The Labute approximate surface area is 115 Å². The van der Waals surface area contributed by atoms with Gasteiger partial charge in [-0.05, 0) is 31.5 Å². The van der Waals surface area contributed by atoms with Crippen molar-refractivity contribution in [3.05, 3.63) is 29.8 Å². The Kier molecular flexibility index (Phi) is 5.38. The molecule has 112 valence electrons. The largest absolute Gasteiger partial charge is 0.484 e. The number of hydrogen-bond donors (Lipinski definition) is 2. The number of alkyl halides is 3. The first-order chi connectivity index (χ1) is 9.19. The van der Waals surface area contributed by atoms with E-state index in [2.05, 4.69) is 10.1 Å². The minimum absolute atomic E-state index is 0.122. The van der Waals surface area contributed by atoms with Crippen LogP contribution in [0.5, 0.6) is 5.75 Å². The molecule has 20 heavy (non-hydrogen) atoms. The van der Waals surface area contributed by atoms with Crippen molar-refractivity contribution in [3.63, 3.8) is 0 Å². The Hall–Kier alpha value is -1.76. The van der Waals surface area contributed by atoms with Crippen molar-refractivity contribution < 1.29 is 22.7 Å². The van der Waals surface area contributed by atoms with E-state index in [4.69, 9.17) is 5.73 Å². The normalized spacial score (nSPS) is 14.5. The number of ether oxygens (including phenoxy) is 1. The molecule has 0 heterocycles. The standard InChI is InChI=1S/C13H17F3N2O2/c1-8(17)12(19)18-9(2)10-3-5-11(6-4-10)20-7-13(14,15)16/h3-6,8-9H,7,17H2,1-2H3,(H,18,19)/t8-,9?/m0/s1. The molecule has 0 aliphatic rings. The van der Waals surface area contributed by atoms with Crippen LogP contribution < -0.4 is 15.8 Å². The Morgan fingerprint density at radius 1 is 1.30 bits per heavy atom. The van der Waals surface area contributed by atoms with Gasteiger partial charge in [-0.25, -0.2) is 0 Å². The van der Waals surface area contributed by atoms with Gasteiger partial charge < -0.3 is 15.8 Å². The molecule has 0 bridgehead atoms. The van der Waals surface area contributed by atoms with E-state index in [0.717, 1.165) is 5.56 Å². The molecule has 0 radical (unpaired) electrons. The molecule has 0 aliphatic heterocycles. The van der Waals surface area contributed by atoms with E-state index in [1.807, 2.05) is 0 Å². The predicted molar refractivity (Wildman–Crippen MR) is 68.2 cm³/mol. The van der Waals surface area contributed by atoms with Gasteiger partial charge in [0, 0.05) is 0 Å². The third kappa shape index (κ3) is 5.48. The summed E-state index contributed by atoms with van der Waals surface area (Å²) in [6.45, 7) is 1.99. The molecule has 1 amide bonds. The molecule has 3 N–H and O–H groups in total. The zero-order valence-corrected chi connectivity index (χ0v) is 11.2. The number of carbonyl (C=O) groups excluding carboxylic acids is 1. The average molecular weight is 290 g/mol. The van der Waals surface area contributed by atoms with Crippen molar-refractivity contribution in [2.45, 2.75) is 32.1 Å². The maximum Gasteiger partial charge on any atom is 0.422 e. The van der Waals surface area contributed by atoms with Crippen LogP contribution in [0.4, 0.5) is 13.2 Å². The lowest BCUT2D eigenvalue weighted by atomic mass is 10.1. The van der Waals surface area contributed by atoms with E-state index in [9.17, 15) is 18.0 Å². The fourth-order valence-corrected chi connectivity index (χ4v) is 1.45. The fourth-order valence-electron chi connectivity index (χ4n) is 1.45. The molecule has 1 unspecified atom stereocenters. The molecular formula is C13H17F3N2O2. The number of amides is 1. The Morgan fingerprint density at radius 2 is 1.85 bits per heavy atom. The van der Waals surface area contributed by atoms with Gasteiger partial charge in [-0.1, -0.05) is 12.1 Å². The van der Waals surface area contributed by atoms with Crippen molar-refractivity contribution in [2.24, 2.45) is 5.73 Å². The second-order valence-electron chi connectivity index (χ2n) is 4.49. The third-order valence-electron chi connectivity index (χ3n) is 2.55. The van der Waals surface area contributed by atoms with Crippen molar-refractivity contribution in [2.75, 3.05) is 6.61 Å². The van der Waals surface area contributed by atoms with E-state index >= 15 is 0 Å². The number of carbonyl (C=O) groups is 1. The van der Waals surface area contributed by atoms with Crippen LogP contribution in [-0.2, 0) is 4.79 Å². The average Bonchev–Trinajstić information content (AvgIpc) is 2.35. The van der Waals surface area contributed by atoms with Crippen molar-refractivity contribution in [1.29, 1.82) is 0 Å². The van der Waals surface area contributed by atoms with Gasteiger partial charge >= 0.3 is 6.18 Å². The third-order valence-corrected chi connectivity index (χ3v) is 2.55. The maximum atomic E-state index is 12.0. The number of halogens is 3. The van der Waals surface area contributed by atoms with Crippen LogP contribution in [0.2, 0.25) is 0 Å². The summed E-state index contributed by atoms with van der Waals surface area (Å²) in [6.07, 6.45) is -4.36. The van der Waals surface area contributed by atoms with Gasteiger partial charge in [0.05, 0.1) is 12.1 Å². The SMILES string of the molecule is CC(NC(=O)[C@H](C)N)c1ccc(OCC(F)(F)F)cc1. The summed E-state index contributed by atoms with van der Waals surface area (Å²) < 4.78 is 40.5. The van der Waals surface area contributed by atoms with Crippen LogP contribution in [0.15, 0.2) is 24.3 Å². The van der Waals surface area contributed by atoms with E-state index in [-0.39, 0.29) is 17.7 Å². The summed E-state index contributed by atoms with van der Waals surface area (Å²) in [5.74, 6) is -0.174. The molecule has 4 nitrogen and oxygen atoms in total. The molecule has 1 aromatic rings. The summed E-state index contributed by atoms with van der Waals surface area (Å²) in [5, 5.41) is 2.69. The topological polar surface area (TPSA) is 64.4 Å². The summed E-state index contributed by atoms with van der Waals surface area (Å²) in [6, 6.07) is 5.14. The van der Waals surface area contributed by atoms with E-state index < -0.39 is 18.8 Å². The highest BCUT2D eigenvalue weighted by Crippen LogP contribution is 2.21. The van der Waals surface area contributed by atoms with E-state index in [1.54, 1.807) is 26.0 Å². The zero-order chi connectivity index (χ0) is 15.3. The quantitative estimate of drug-likeness (QED) is 0.873. The molecule has 7 heteroatoms. The van der Waals surface area contributed by atoms with Crippen molar-refractivity contribution in [3.8, 4) is 5.75 Å². The second-order valence-corrected chi connectivity index (χ2v) is 4.49. The molecule has 0 saturated heterocycles. The van der Waals surface area contributed by atoms with Crippen LogP contribution in [0.1, 0.15) is 25.5 Å². The van der Waals surface area contributed by atoms with Crippen molar-refractivity contribution in [1.82, 2.24) is 5.32 Å². The predicted octanol–water partition coefficient (Wildman–Crippen LogP) is 2.15. The van der Waals surface area contributed by atoms with Gasteiger partial charge in [0.2, 0.25) is 5.91 Å². The number of benzene rings is 1. The van der Waals surface area contributed by atoms with Gasteiger partial charge in [0.15, 0.2) is 6.61 Å². The zero-order valence-electron chi connectivity index (χ0n) is 11.2. The lowest BCUT2D eigenvalue weighted by Gasteiger charge is -2.16. The molecule has 0 fully saturated rings. The highest BCUT2D eigenvalue weighted by atomic mass is 19.4. The molecule has 0 aromatic heterocycles. The summed E-state index contributed by atoms with van der Waals surface area (Å²) in [4.78, 5) is 11.4. The molecule has 0 aliphatic carbocycles. The van der Waals surface area contributed by atoms with Crippen molar-refractivity contribution >= 4 is 5.91 Å².